The normalized spacial score (nSPS) is 21.1. The SMILES string of the molecule is COc1cc(N2CCC(N3CCN(C4CN(C(=O)OC(C)(C)C)C4)CC3)CC2)c(C)cc1[N+](=O)[O-]. The molecular weight excluding hydrogens is 450 g/mol. The largest absolute Gasteiger partial charge is 0.490 e. The van der Waals surface area contributed by atoms with Crippen LogP contribution in [-0.4, -0.2) is 103 Å². The quantitative estimate of drug-likeness (QED) is 0.460. The predicted octanol–water partition coefficient (Wildman–Crippen LogP) is 3.12. The lowest BCUT2D eigenvalue weighted by Crippen LogP contribution is -2.65. The molecule has 3 heterocycles. The summed E-state index contributed by atoms with van der Waals surface area (Å²) in [6.45, 7) is 15.2. The summed E-state index contributed by atoms with van der Waals surface area (Å²) in [5.74, 6) is 0.315. The number of benzene rings is 1. The number of hydrogen-bond donors (Lipinski definition) is 0. The van der Waals surface area contributed by atoms with E-state index in [2.05, 4.69) is 14.7 Å². The fourth-order valence-corrected chi connectivity index (χ4v) is 5.41. The molecule has 0 bridgehead atoms. The van der Waals surface area contributed by atoms with E-state index in [1.807, 2.05) is 33.8 Å². The van der Waals surface area contributed by atoms with Crippen LogP contribution in [0.5, 0.6) is 5.75 Å². The van der Waals surface area contributed by atoms with E-state index >= 15 is 0 Å². The number of ether oxygens (including phenoxy) is 2. The van der Waals surface area contributed by atoms with Crippen molar-refractivity contribution in [2.24, 2.45) is 0 Å². The first-order valence-corrected chi connectivity index (χ1v) is 12.6. The van der Waals surface area contributed by atoms with Gasteiger partial charge in [0.2, 0.25) is 0 Å². The number of carbonyl (C=O) groups is 1. The lowest BCUT2D eigenvalue weighted by atomic mass is 9.99. The molecule has 3 saturated heterocycles. The molecule has 0 aliphatic carbocycles. The van der Waals surface area contributed by atoms with Gasteiger partial charge in [0.1, 0.15) is 5.60 Å². The minimum atomic E-state index is -0.452. The smallest absolute Gasteiger partial charge is 0.410 e. The zero-order valence-corrected chi connectivity index (χ0v) is 21.7. The summed E-state index contributed by atoms with van der Waals surface area (Å²) in [4.78, 5) is 32.4. The highest BCUT2D eigenvalue weighted by Gasteiger charge is 2.39. The Morgan fingerprint density at radius 3 is 2.09 bits per heavy atom. The molecule has 0 spiro atoms. The molecule has 1 aromatic rings. The van der Waals surface area contributed by atoms with Crippen LogP contribution in [0.2, 0.25) is 0 Å². The zero-order valence-electron chi connectivity index (χ0n) is 21.7. The van der Waals surface area contributed by atoms with Crippen molar-refractivity contribution in [2.45, 2.75) is 58.2 Å². The molecule has 0 radical (unpaired) electrons. The Labute approximate surface area is 207 Å². The number of likely N-dealkylation sites (tertiary alicyclic amines) is 1. The summed E-state index contributed by atoms with van der Waals surface area (Å²) < 4.78 is 10.8. The van der Waals surface area contributed by atoms with Crippen LogP contribution in [0.25, 0.3) is 0 Å². The number of methoxy groups -OCH3 is 1. The van der Waals surface area contributed by atoms with Gasteiger partial charge in [-0.1, -0.05) is 0 Å². The molecule has 3 fully saturated rings. The Balaban J connectivity index is 1.23. The highest BCUT2D eigenvalue weighted by molar-refractivity contribution is 5.69. The van der Waals surface area contributed by atoms with Gasteiger partial charge in [-0.3, -0.25) is 19.9 Å². The van der Waals surface area contributed by atoms with Gasteiger partial charge in [0.15, 0.2) is 5.75 Å². The first-order chi connectivity index (χ1) is 16.6. The van der Waals surface area contributed by atoms with Crippen LogP contribution in [-0.2, 0) is 4.74 Å². The minimum Gasteiger partial charge on any atom is -0.490 e. The van der Waals surface area contributed by atoms with Gasteiger partial charge in [-0.2, -0.15) is 0 Å². The lowest BCUT2D eigenvalue weighted by Gasteiger charge is -2.49. The molecule has 0 atom stereocenters. The molecule has 0 aromatic heterocycles. The maximum Gasteiger partial charge on any atom is 0.410 e. The number of amides is 1. The first kappa shape index (κ1) is 25.5. The second-order valence-corrected chi connectivity index (χ2v) is 10.9. The van der Waals surface area contributed by atoms with Crippen molar-refractivity contribution in [2.75, 3.05) is 64.4 Å². The number of aryl methyl sites for hydroxylation is 1. The summed E-state index contributed by atoms with van der Waals surface area (Å²) in [5.41, 5.74) is 1.50. The number of nitrogens with zero attached hydrogens (tertiary/aromatic N) is 5. The van der Waals surface area contributed by atoms with E-state index in [-0.39, 0.29) is 16.7 Å². The summed E-state index contributed by atoms with van der Waals surface area (Å²) >= 11 is 0. The van der Waals surface area contributed by atoms with Gasteiger partial charge in [-0.15, -0.1) is 0 Å². The molecule has 0 N–H and O–H groups in total. The van der Waals surface area contributed by atoms with Gasteiger partial charge in [0.25, 0.3) is 0 Å². The summed E-state index contributed by atoms with van der Waals surface area (Å²) in [7, 11) is 1.48. The van der Waals surface area contributed by atoms with Gasteiger partial charge in [0.05, 0.1) is 12.0 Å². The molecule has 3 aliphatic heterocycles. The third-order valence-electron chi connectivity index (χ3n) is 7.39. The molecular formula is C25H39N5O5. The third kappa shape index (κ3) is 5.81. The van der Waals surface area contributed by atoms with Crippen LogP contribution in [0, 0.1) is 17.0 Å². The second-order valence-electron chi connectivity index (χ2n) is 10.9. The van der Waals surface area contributed by atoms with Gasteiger partial charge >= 0.3 is 11.8 Å². The average molecular weight is 490 g/mol. The highest BCUT2D eigenvalue weighted by Crippen LogP contribution is 2.36. The summed E-state index contributed by atoms with van der Waals surface area (Å²) in [6.07, 6.45) is 1.95. The molecule has 1 aromatic carbocycles. The number of carbonyl (C=O) groups excluding carboxylic acids is 1. The third-order valence-corrected chi connectivity index (χ3v) is 7.39. The van der Waals surface area contributed by atoms with E-state index in [4.69, 9.17) is 9.47 Å². The standard InChI is InChI=1S/C25H39N5O5/c1-18-14-22(30(32)33)23(34-5)15-21(18)28-8-6-19(7-9-28)26-10-12-27(13-11-26)20-16-29(17-20)24(31)35-25(2,3)4/h14-15,19-20H,6-13,16-17H2,1-5H3. The van der Waals surface area contributed by atoms with Crippen molar-refractivity contribution in [1.82, 2.24) is 14.7 Å². The van der Waals surface area contributed by atoms with Crippen LogP contribution in [0.15, 0.2) is 12.1 Å². The zero-order chi connectivity index (χ0) is 25.3. The number of nitro groups is 1. The maximum absolute atomic E-state index is 12.2. The number of rotatable bonds is 5. The van der Waals surface area contributed by atoms with Gasteiger partial charge in [-0.05, 0) is 46.1 Å². The van der Waals surface area contributed by atoms with Gasteiger partial charge < -0.3 is 19.3 Å². The predicted molar refractivity (Wildman–Crippen MR) is 134 cm³/mol. The lowest BCUT2D eigenvalue weighted by molar-refractivity contribution is -0.385. The number of anilines is 1. The van der Waals surface area contributed by atoms with Crippen LogP contribution in [0.3, 0.4) is 0 Å². The van der Waals surface area contributed by atoms with E-state index in [0.29, 0.717) is 17.8 Å². The van der Waals surface area contributed by atoms with Crippen LogP contribution < -0.4 is 9.64 Å². The van der Waals surface area contributed by atoms with Crippen molar-refractivity contribution >= 4 is 17.5 Å². The summed E-state index contributed by atoms with van der Waals surface area (Å²) in [5, 5.41) is 11.3. The van der Waals surface area contributed by atoms with Crippen molar-refractivity contribution < 1.29 is 19.2 Å². The average Bonchev–Trinajstić information content (AvgIpc) is 2.77. The molecule has 10 nitrogen and oxygen atoms in total. The maximum atomic E-state index is 12.2. The molecule has 3 aliphatic rings. The van der Waals surface area contributed by atoms with E-state index in [0.717, 1.165) is 76.5 Å². The number of nitro benzene ring substituents is 1. The molecule has 0 unspecified atom stereocenters. The van der Waals surface area contributed by atoms with Crippen molar-refractivity contribution in [3.63, 3.8) is 0 Å². The molecule has 1 amide bonds. The monoisotopic (exact) mass is 489 g/mol. The second kappa shape index (κ2) is 10.2. The van der Waals surface area contributed by atoms with Crippen LogP contribution in [0.1, 0.15) is 39.2 Å². The fraction of sp³-hybridized carbons (Fsp3) is 0.720. The molecule has 4 rings (SSSR count). The molecule has 10 heteroatoms. The Morgan fingerprint density at radius 1 is 1.00 bits per heavy atom. The Bertz CT molecular complexity index is 927. The Kier molecular flexibility index (Phi) is 7.42. The van der Waals surface area contributed by atoms with E-state index in [9.17, 15) is 14.9 Å². The van der Waals surface area contributed by atoms with Crippen LogP contribution >= 0.6 is 0 Å². The van der Waals surface area contributed by atoms with E-state index < -0.39 is 5.60 Å². The Hall–Kier alpha value is -2.59. The molecule has 35 heavy (non-hydrogen) atoms. The van der Waals surface area contributed by atoms with E-state index in [1.165, 1.54) is 7.11 Å². The molecule has 0 saturated carbocycles. The number of piperazine rings is 1. The van der Waals surface area contributed by atoms with Crippen LogP contribution in [0.4, 0.5) is 16.2 Å². The van der Waals surface area contributed by atoms with E-state index in [1.54, 1.807) is 11.0 Å². The minimum absolute atomic E-state index is 0.0159. The van der Waals surface area contributed by atoms with Crippen molar-refractivity contribution in [3.05, 3.63) is 27.8 Å². The van der Waals surface area contributed by atoms with Gasteiger partial charge in [0, 0.05) is 82.3 Å². The first-order valence-electron chi connectivity index (χ1n) is 12.6. The van der Waals surface area contributed by atoms with Crippen molar-refractivity contribution in [1.29, 1.82) is 0 Å². The topological polar surface area (TPSA) is 91.6 Å². The number of piperidine rings is 1. The highest BCUT2D eigenvalue weighted by atomic mass is 16.6. The Morgan fingerprint density at radius 2 is 1.57 bits per heavy atom. The van der Waals surface area contributed by atoms with Crippen molar-refractivity contribution in [3.8, 4) is 5.75 Å². The summed E-state index contributed by atoms with van der Waals surface area (Å²) in [6, 6.07) is 4.43. The number of hydrogen-bond acceptors (Lipinski definition) is 8. The molecule has 194 valence electrons. The van der Waals surface area contributed by atoms with Gasteiger partial charge in [-0.25, -0.2) is 4.79 Å². The fourth-order valence-electron chi connectivity index (χ4n) is 5.41.